The van der Waals surface area contributed by atoms with Crippen LogP contribution in [0.2, 0.25) is 0 Å². The zero-order valence-corrected chi connectivity index (χ0v) is 12.7. The molecule has 0 heterocycles. The summed E-state index contributed by atoms with van der Waals surface area (Å²) in [5.74, 6) is 1.47. The van der Waals surface area contributed by atoms with Gasteiger partial charge in [0.1, 0.15) is 6.61 Å². The highest BCUT2D eigenvalue weighted by molar-refractivity contribution is 5.27. The van der Waals surface area contributed by atoms with Crippen LogP contribution in [0.3, 0.4) is 0 Å². The van der Waals surface area contributed by atoms with E-state index in [2.05, 4.69) is 13.0 Å². The number of rotatable bonds is 5. The maximum Gasteiger partial charge on any atom is 0.411 e. The lowest BCUT2D eigenvalue weighted by Gasteiger charge is -2.30. The molecular weight excluding hydrogens is 277 g/mol. The molecular formula is C17H25F3O. The number of ether oxygens (including phenoxy) is 1. The van der Waals surface area contributed by atoms with Gasteiger partial charge in [-0.1, -0.05) is 38.0 Å². The normalized spacial score (nSPS) is 30.3. The average molecular weight is 302 g/mol. The largest absolute Gasteiger partial charge is 0.411 e. The fourth-order valence-corrected chi connectivity index (χ4v) is 3.44. The SMILES string of the molecule is CCC[C@H]1CC[C@H](C2=CCC(OCC(F)(F)F)C=C2)CC1. The first-order valence-electron chi connectivity index (χ1n) is 8.04. The number of alkyl halides is 3. The molecule has 1 saturated carbocycles. The molecule has 0 aromatic carbocycles. The van der Waals surface area contributed by atoms with Crippen LogP contribution >= 0.6 is 0 Å². The molecule has 1 unspecified atom stereocenters. The summed E-state index contributed by atoms with van der Waals surface area (Å²) in [4.78, 5) is 0. The van der Waals surface area contributed by atoms with Gasteiger partial charge in [-0.3, -0.25) is 0 Å². The third-order valence-electron chi connectivity index (χ3n) is 4.57. The summed E-state index contributed by atoms with van der Waals surface area (Å²) in [5, 5.41) is 0. The molecule has 0 bridgehead atoms. The predicted molar refractivity (Wildman–Crippen MR) is 78.0 cm³/mol. The van der Waals surface area contributed by atoms with E-state index in [1.165, 1.54) is 44.1 Å². The van der Waals surface area contributed by atoms with Crippen LogP contribution in [-0.4, -0.2) is 18.9 Å². The minimum atomic E-state index is -4.24. The van der Waals surface area contributed by atoms with Gasteiger partial charge in [0.2, 0.25) is 0 Å². The number of halogens is 3. The molecule has 2 aliphatic rings. The lowest BCUT2D eigenvalue weighted by Crippen LogP contribution is -2.23. The summed E-state index contributed by atoms with van der Waals surface area (Å²) in [5.41, 5.74) is 1.30. The van der Waals surface area contributed by atoms with Gasteiger partial charge in [-0.15, -0.1) is 0 Å². The van der Waals surface area contributed by atoms with Crippen molar-refractivity contribution in [2.24, 2.45) is 11.8 Å². The van der Waals surface area contributed by atoms with E-state index in [-0.39, 0.29) is 0 Å². The van der Waals surface area contributed by atoms with E-state index >= 15 is 0 Å². The van der Waals surface area contributed by atoms with Gasteiger partial charge >= 0.3 is 6.18 Å². The van der Waals surface area contributed by atoms with Gasteiger partial charge in [0.25, 0.3) is 0 Å². The Hall–Kier alpha value is -0.770. The van der Waals surface area contributed by atoms with Crippen molar-refractivity contribution in [1.82, 2.24) is 0 Å². The van der Waals surface area contributed by atoms with E-state index in [0.717, 1.165) is 5.92 Å². The fraction of sp³-hybridized carbons (Fsp3) is 0.765. The van der Waals surface area contributed by atoms with E-state index < -0.39 is 18.9 Å². The molecule has 0 spiro atoms. The Morgan fingerprint density at radius 2 is 1.90 bits per heavy atom. The lowest BCUT2D eigenvalue weighted by molar-refractivity contribution is -0.180. The van der Waals surface area contributed by atoms with Crippen molar-refractivity contribution in [3.63, 3.8) is 0 Å². The van der Waals surface area contributed by atoms with Gasteiger partial charge in [-0.25, -0.2) is 0 Å². The molecule has 0 amide bonds. The molecule has 0 aromatic rings. The first-order valence-corrected chi connectivity index (χ1v) is 8.04. The zero-order chi connectivity index (χ0) is 15.3. The van der Waals surface area contributed by atoms with Gasteiger partial charge in [0.05, 0.1) is 6.10 Å². The molecule has 120 valence electrons. The molecule has 4 heteroatoms. The first kappa shape index (κ1) is 16.6. The van der Waals surface area contributed by atoms with Gasteiger partial charge in [-0.05, 0) is 49.5 Å². The third-order valence-corrected chi connectivity index (χ3v) is 4.57. The van der Waals surface area contributed by atoms with Crippen LogP contribution in [0.15, 0.2) is 23.8 Å². The lowest BCUT2D eigenvalue weighted by atomic mass is 9.76. The van der Waals surface area contributed by atoms with Crippen molar-refractivity contribution in [3.8, 4) is 0 Å². The van der Waals surface area contributed by atoms with E-state index in [1.54, 1.807) is 6.08 Å². The van der Waals surface area contributed by atoms with Gasteiger partial charge < -0.3 is 4.74 Å². The summed E-state index contributed by atoms with van der Waals surface area (Å²) in [6.45, 7) is 1.08. The highest BCUT2D eigenvalue weighted by Gasteiger charge is 2.29. The standard InChI is InChI=1S/C17H25F3O/c1-2-3-13-4-6-14(7-5-13)15-8-10-16(11-9-15)21-12-17(18,19)20/h8-10,13-14,16H,2-7,11-12H2,1H3/t13-,14-,16?. The van der Waals surface area contributed by atoms with Crippen LogP contribution in [-0.2, 0) is 4.74 Å². The van der Waals surface area contributed by atoms with Crippen molar-refractivity contribution in [1.29, 1.82) is 0 Å². The highest BCUT2D eigenvalue weighted by atomic mass is 19.4. The Kier molecular flexibility index (Phi) is 5.91. The van der Waals surface area contributed by atoms with Crippen molar-refractivity contribution in [2.45, 2.75) is 64.1 Å². The summed E-state index contributed by atoms with van der Waals surface area (Å²) in [6, 6.07) is 0. The maximum atomic E-state index is 12.1. The molecule has 1 fully saturated rings. The average Bonchev–Trinajstić information content (AvgIpc) is 2.46. The smallest absolute Gasteiger partial charge is 0.364 e. The van der Waals surface area contributed by atoms with Crippen LogP contribution in [0.1, 0.15) is 51.9 Å². The number of hydrogen-bond acceptors (Lipinski definition) is 1. The second-order valence-corrected chi connectivity index (χ2v) is 6.27. The second-order valence-electron chi connectivity index (χ2n) is 6.27. The predicted octanol–water partition coefficient (Wildman–Crippen LogP) is 5.43. The topological polar surface area (TPSA) is 9.23 Å². The molecule has 2 rings (SSSR count). The third kappa shape index (κ3) is 5.50. The van der Waals surface area contributed by atoms with E-state index in [1.807, 2.05) is 6.08 Å². The molecule has 21 heavy (non-hydrogen) atoms. The Morgan fingerprint density at radius 3 is 2.43 bits per heavy atom. The number of allylic oxidation sites excluding steroid dienone is 2. The van der Waals surface area contributed by atoms with Crippen molar-refractivity contribution in [3.05, 3.63) is 23.8 Å². The van der Waals surface area contributed by atoms with Crippen molar-refractivity contribution < 1.29 is 17.9 Å². The Bertz CT molecular complexity index is 376. The maximum absolute atomic E-state index is 12.1. The second kappa shape index (κ2) is 7.48. The fourth-order valence-electron chi connectivity index (χ4n) is 3.44. The van der Waals surface area contributed by atoms with Crippen LogP contribution in [0, 0.1) is 11.8 Å². The van der Waals surface area contributed by atoms with Crippen LogP contribution in [0.4, 0.5) is 13.2 Å². The van der Waals surface area contributed by atoms with Crippen LogP contribution in [0.25, 0.3) is 0 Å². The quantitative estimate of drug-likeness (QED) is 0.658. The molecule has 0 saturated heterocycles. The summed E-state index contributed by atoms with van der Waals surface area (Å²) in [7, 11) is 0. The van der Waals surface area contributed by atoms with E-state index in [0.29, 0.717) is 12.3 Å². The van der Waals surface area contributed by atoms with Crippen LogP contribution < -0.4 is 0 Å². The molecule has 2 aliphatic carbocycles. The van der Waals surface area contributed by atoms with E-state index in [9.17, 15) is 13.2 Å². The molecule has 1 nitrogen and oxygen atoms in total. The molecule has 0 radical (unpaired) electrons. The highest BCUT2D eigenvalue weighted by Crippen LogP contribution is 2.37. The first-order chi connectivity index (χ1) is 9.98. The Morgan fingerprint density at radius 1 is 1.19 bits per heavy atom. The minimum Gasteiger partial charge on any atom is -0.364 e. The Labute approximate surface area is 125 Å². The minimum absolute atomic E-state index is 0.424. The number of hydrogen-bond donors (Lipinski definition) is 0. The molecule has 0 N–H and O–H groups in total. The van der Waals surface area contributed by atoms with Crippen LogP contribution in [0.5, 0.6) is 0 Å². The zero-order valence-electron chi connectivity index (χ0n) is 12.7. The van der Waals surface area contributed by atoms with Gasteiger partial charge in [-0.2, -0.15) is 13.2 Å². The van der Waals surface area contributed by atoms with Gasteiger partial charge in [0.15, 0.2) is 0 Å². The van der Waals surface area contributed by atoms with Crippen molar-refractivity contribution in [2.75, 3.05) is 6.61 Å². The molecule has 0 aliphatic heterocycles. The Balaban J connectivity index is 1.75. The summed E-state index contributed by atoms with van der Waals surface area (Å²) < 4.78 is 41.2. The van der Waals surface area contributed by atoms with E-state index in [4.69, 9.17) is 4.74 Å². The summed E-state index contributed by atoms with van der Waals surface area (Å²) in [6.07, 6.45) is 9.35. The molecule has 1 atom stereocenters. The van der Waals surface area contributed by atoms with Crippen molar-refractivity contribution >= 4 is 0 Å². The summed E-state index contributed by atoms with van der Waals surface area (Å²) >= 11 is 0. The molecule has 0 aromatic heterocycles. The van der Waals surface area contributed by atoms with Gasteiger partial charge in [0, 0.05) is 0 Å². The monoisotopic (exact) mass is 302 g/mol.